The van der Waals surface area contributed by atoms with Gasteiger partial charge in [-0.2, -0.15) is 0 Å². The largest absolute Gasteiger partial charge is 0.504 e. The molecule has 92 valence electrons. The maximum atomic E-state index is 9.88. The van der Waals surface area contributed by atoms with Crippen molar-refractivity contribution in [3.05, 3.63) is 23.8 Å². The molecule has 1 aromatic carbocycles. The first kappa shape index (κ1) is 15.2. The Morgan fingerprint density at radius 3 is 2.38 bits per heavy atom. The van der Waals surface area contributed by atoms with Gasteiger partial charge in [0.25, 0.3) is 0 Å². The van der Waals surface area contributed by atoms with Gasteiger partial charge in [0.2, 0.25) is 0 Å². The molecule has 0 spiro atoms. The van der Waals surface area contributed by atoms with E-state index < -0.39 is 6.10 Å². The molecule has 2 atom stereocenters. The third kappa shape index (κ3) is 3.66. The fraction of sp³-hybridized carbons (Fsp3) is 0.455. The zero-order chi connectivity index (χ0) is 11.4. The van der Waals surface area contributed by atoms with Crippen LogP contribution in [0.5, 0.6) is 11.5 Å². The van der Waals surface area contributed by atoms with Gasteiger partial charge in [0, 0.05) is 6.04 Å². The van der Waals surface area contributed by atoms with E-state index in [9.17, 15) is 10.2 Å². The topological polar surface area (TPSA) is 72.7 Å². The van der Waals surface area contributed by atoms with Crippen LogP contribution in [0.2, 0.25) is 0 Å². The monoisotopic (exact) mass is 291 g/mol. The van der Waals surface area contributed by atoms with Gasteiger partial charge in [-0.1, -0.05) is 13.0 Å². The molecule has 0 aliphatic carbocycles. The summed E-state index contributed by atoms with van der Waals surface area (Å²) in [6, 6.07) is 4.23. The van der Waals surface area contributed by atoms with Crippen LogP contribution in [0.3, 0.4) is 0 Å². The van der Waals surface area contributed by atoms with E-state index in [4.69, 9.17) is 5.11 Å². The van der Waals surface area contributed by atoms with Crippen LogP contribution in [-0.2, 0) is 0 Å². The molecule has 4 N–H and O–H groups in total. The number of rotatable bonds is 4. The highest BCUT2D eigenvalue weighted by atomic mass is 79.9. The summed E-state index contributed by atoms with van der Waals surface area (Å²) in [6.45, 7) is 4.58. The molecule has 0 radical (unpaired) electrons. The molecule has 0 aliphatic heterocycles. The molecule has 0 heterocycles. The van der Waals surface area contributed by atoms with Gasteiger partial charge >= 0.3 is 0 Å². The van der Waals surface area contributed by atoms with Crippen molar-refractivity contribution in [2.24, 2.45) is 0 Å². The van der Waals surface area contributed by atoms with Crippen molar-refractivity contribution < 1.29 is 15.3 Å². The van der Waals surface area contributed by atoms with E-state index in [1.807, 2.05) is 13.8 Å². The quantitative estimate of drug-likeness (QED) is 0.637. The molecule has 0 saturated heterocycles. The number of likely N-dealkylation sites (N-methyl/N-ethyl adjacent to an activating group) is 1. The lowest BCUT2D eigenvalue weighted by Gasteiger charge is -2.20. The molecule has 1 rings (SSSR count). The van der Waals surface area contributed by atoms with Crippen LogP contribution in [0, 0.1) is 0 Å². The number of nitrogens with one attached hydrogen (secondary N) is 1. The lowest BCUT2D eigenvalue weighted by molar-refractivity contribution is 0.137. The Morgan fingerprint density at radius 2 is 1.88 bits per heavy atom. The van der Waals surface area contributed by atoms with Crippen LogP contribution in [0.25, 0.3) is 0 Å². The number of aromatic hydroxyl groups is 2. The Kier molecular flexibility index (Phi) is 6.40. The average Bonchev–Trinajstić information content (AvgIpc) is 2.21. The van der Waals surface area contributed by atoms with Crippen molar-refractivity contribution in [2.45, 2.75) is 26.0 Å². The van der Waals surface area contributed by atoms with Crippen molar-refractivity contribution in [2.75, 3.05) is 6.54 Å². The van der Waals surface area contributed by atoms with Gasteiger partial charge < -0.3 is 20.6 Å². The molecule has 2 unspecified atom stereocenters. The van der Waals surface area contributed by atoms with Crippen molar-refractivity contribution in [3.63, 3.8) is 0 Å². The number of phenolic OH excluding ortho intramolecular Hbond substituents is 2. The number of halogens is 1. The first-order valence-corrected chi connectivity index (χ1v) is 4.99. The molecule has 0 bridgehead atoms. The van der Waals surface area contributed by atoms with E-state index in [1.165, 1.54) is 12.1 Å². The van der Waals surface area contributed by atoms with Gasteiger partial charge in [0.05, 0.1) is 6.10 Å². The standard InChI is InChI=1S/C11H17NO3.BrH/c1-3-12-7(2)11(15)8-4-5-9(13)10(14)6-8;/h4-7,11-15H,3H2,1-2H3;1H. The summed E-state index contributed by atoms with van der Waals surface area (Å²) in [5, 5.41) is 31.4. The lowest BCUT2D eigenvalue weighted by Crippen LogP contribution is -2.31. The molecule has 4 nitrogen and oxygen atoms in total. The van der Waals surface area contributed by atoms with Crippen LogP contribution >= 0.6 is 17.0 Å². The van der Waals surface area contributed by atoms with Gasteiger partial charge in [-0.05, 0) is 31.2 Å². The first-order chi connectivity index (χ1) is 7.06. The molecule has 16 heavy (non-hydrogen) atoms. The van der Waals surface area contributed by atoms with Crippen molar-refractivity contribution in [3.8, 4) is 11.5 Å². The average molecular weight is 292 g/mol. The molecule has 5 heteroatoms. The summed E-state index contributed by atoms with van der Waals surface area (Å²) in [4.78, 5) is 0. The minimum Gasteiger partial charge on any atom is -0.504 e. The van der Waals surface area contributed by atoms with Crippen LogP contribution in [0.15, 0.2) is 18.2 Å². The fourth-order valence-corrected chi connectivity index (χ4v) is 1.45. The summed E-state index contributed by atoms with van der Waals surface area (Å²) >= 11 is 0. The van der Waals surface area contributed by atoms with Crippen molar-refractivity contribution in [1.82, 2.24) is 5.32 Å². The predicted molar refractivity (Wildman–Crippen MR) is 68.2 cm³/mol. The number of phenols is 2. The molecular formula is C11H18BrNO3. The smallest absolute Gasteiger partial charge is 0.157 e. The van der Waals surface area contributed by atoms with E-state index in [1.54, 1.807) is 6.07 Å². The summed E-state index contributed by atoms with van der Waals surface area (Å²) < 4.78 is 0. The second-order valence-electron chi connectivity index (χ2n) is 3.54. The second-order valence-corrected chi connectivity index (χ2v) is 3.54. The van der Waals surface area contributed by atoms with Crippen LogP contribution in [0.1, 0.15) is 25.5 Å². The van der Waals surface area contributed by atoms with Crippen molar-refractivity contribution >= 4 is 17.0 Å². The van der Waals surface area contributed by atoms with Crippen LogP contribution in [-0.4, -0.2) is 27.9 Å². The summed E-state index contributed by atoms with van der Waals surface area (Å²) in [7, 11) is 0. The lowest BCUT2D eigenvalue weighted by atomic mass is 10.0. The molecule has 0 fully saturated rings. The van der Waals surface area contributed by atoms with Gasteiger partial charge in [0.15, 0.2) is 11.5 Å². The Morgan fingerprint density at radius 1 is 1.25 bits per heavy atom. The normalized spacial score (nSPS) is 13.9. The highest BCUT2D eigenvalue weighted by molar-refractivity contribution is 8.93. The number of benzene rings is 1. The molecule has 0 saturated carbocycles. The van der Waals surface area contributed by atoms with E-state index in [0.29, 0.717) is 5.56 Å². The number of aliphatic hydroxyl groups is 1. The van der Waals surface area contributed by atoms with E-state index in [2.05, 4.69) is 5.32 Å². The SMILES string of the molecule is Br.CCNC(C)C(O)c1ccc(O)c(O)c1. The Balaban J connectivity index is 0.00000225. The summed E-state index contributed by atoms with van der Waals surface area (Å²) in [5.74, 6) is -0.391. The van der Waals surface area contributed by atoms with Crippen molar-refractivity contribution in [1.29, 1.82) is 0 Å². The highest BCUT2D eigenvalue weighted by Crippen LogP contribution is 2.28. The van der Waals surface area contributed by atoms with E-state index in [0.717, 1.165) is 6.54 Å². The zero-order valence-corrected chi connectivity index (χ0v) is 11.1. The molecular weight excluding hydrogens is 274 g/mol. The molecule has 0 amide bonds. The van der Waals surface area contributed by atoms with Gasteiger partial charge in [-0.3, -0.25) is 0 Å². The number of hydrogen-bond donors (Lipinski definition) is 4. The Hall–Kier alpha value is -0.780. The molecule has 0 aliphatic rings. The number of aliphatic hydroxyl groups excluding tert-OH is 1. The maximum absolute atomic E-state index is 9.88. The third-order valence-electron chi connectivity index (χ3n) is 2.34. The third-order valence-corrected chi connectivity index (χ3v) is 2.34. The van der Waals surface area contributed by atoms with Crippen LogP contribution in [0.4, 0.5) is 0 Å². The fourth-order valence-electron chi connectivity index (χ4n) is 1.45. The first-order valence-electron chi connectivity index (χ1n) is 4.99. The maximum Gasteiger partial charge on any atom is 0.157 e. The Labute approximate surface area is 106 Å². The summed E-state index contributed by atoms with van der Waals surface area (Å²) in [6.07, 6.45) is -0.698. The highest BCUT2D eigenvalue weighted by Gasteiger charge is 2.16. The molecule has 0 aromatic heterocycles. The molecule has 1 aromatic rings. The van der Waals surface area contributed by atoms with Crippen LogP contribution < -0.4 is 5.32 Å². The van der Waals surface area contributed by atoms with E-state index in [-0.39, 0.29) is 34.5 Å². The van der Waals surface area contributed by atoms with Gasteiger partial charge in [0.1, 0.15) is 0 Å². The number of hydrogen-bond acceptors (Lipinski definition) is 4. The summed E-state index contributed by atoms with van der Waals surface area (Å²) in [5.41, 5.74) is 0.582. The minimum absolute atomic E-state index is 0. The zero-order valence-electron chi connectivity index (χ0n) is 9.34. The minimum atomic E-state index is -0.698. The predicted octanol–water partition coefficient (Wildman–Crippen LogP) is 1.71. The Bertz CT molecular complexity index is 333. The van der Waals surface area contributed by atoms with Gasteiger partial charge in [-0.25, -0.2) is 0 Å². The second kappa shape index (κ2) is 6.73. The van der Waals surface area contributed by atoms with E-state index >= 15 is 0 Å². The van der Waals surface area contributed by atoms with Gasteiger partial charge in [-0.15, -0.1) is 17.0 Å².